The van der Waals surface area contributed by atoms with Crippen LogP contribution >= 0.6 is 0 Å². The van der Waals surface area contributed by atoms with Crippen molar-refractivity contribution >= 4 is 5.96 Å². The molecule has 0 aromatic carbocycles. The Morgan fingerprint density at radius 3 is 2.50 bits per heavy atom. The second-order valence-corrected chi connectivity index (χ2v) is 7.29. The molecule has 0 amide bonds. The first kappa shape index (κ1) is 16.8. The van der Waals surface area contributed by atoms with Crippen LogP contribution in [0.5, 0.6) is 0 Å². The predicted octanol–water partition coefficient (Wildman–Crippen LogP) is 2.61. The number of aromatic nitrogens is 2. The molecule has 1 aliphatic carbocycles. The average Bonchev–Trinajstić information content (AvgIpc) is 2.94. The van der Waals surface area contributed by atoms with Crippen LogP contribution in [0.3, 0.4) is 0 Å². The maximum absolute atomic E-state index is 5.30. The van der Waals surface area contributed by atoms with Crippen molar-refractivity contribution in [3.05, 3.63) is 11.7 Å². The molecule has 1 heterocycles. The molecule has 1 aromatic rings. The first-order chi connectivity index (χ1) is 10.4. The van der Waals surface area contributed by atoms with Crippen molar-refractivity contribution < 1.29 is 4.52 Å². The minimum Gasteiger partial charge on any atom is -0.354 e. The van der Waals surface area contributed by atoms with Crippen molar-refractivity contribution in [3.63, 3.8) is 0 Å². The third-order valence-corrected chi connectivity index (χ3v) is 4.10. The first-order valence-electron chi connectivity index (χ1n) is 8.18. The average molecular weight is 307 g/mol. The minimum atomic E-state index is -0.121. The number of rotatable bonds is 3. The van der Waals surface area contributed by atoms with Crippen LogP contribution in [0.2, 0.25) is 0 Å². The Bertz CT molecular complexity index is 495. The molecule has 6 heteroatoms. The number of guanidine groups is 1. The summed E-state index contributed by atoms with van der Waals surface area (Å²) < 4.78 is 5.30. The zero-order valence-electron chi connectivity index (χ0n) is 14.4. The molecule has 0 saturated heterocycles. The van der Waals surface area contributed by atoms with E-state index in [1.54, 1.807) is 7.05 Å². The quantitative estimate of drug-likeness (QED) is 0.663. The Morgan fingerprint density at radius 2 is 1.95 bits per heavy atom. The van der Waals surface area contributed by atoms with Gasteiger partial charge in [-0.15, -0.1) is 0 Å². The van der Waals surface area contributed by atoms with Gasteiger partial charge in [0.1, 0.15) is 0 Å². The Hall–Kier alpha value is -1.59. The van der Waals surface area contributed by atoms with E-state index in [0.29, 0.717) is 24.3 Å². The number of nitrogens with one attached hydrogen (secondary N) is 2. The molecule has 1 fully saturated rings. The molecule has 22 heavy (non-hydrogen) atoms. The first-order valence-corrected chi connectivity index (χ1v) is 8.18. The van der Waals surface area contributed by atoms with Crippen LogP contribution in [0.25, 0.3) is 0 Å². The van der Waals surface area contributed by atoms with E-state index in [-0.39, 0.29) is 5.41 Å². The zero-order chi connectivity index (χ0) is 16.2. The normalized spacial score (nSPS) is 23.4. The van der Waals surface area contributed by atoms with Crippen LogP contribution in [-0.2, 0) is 12.0 Å². The molecule has 0 unspecified atom stereocenters. The highest BCUT2D eigenvalue weighted by Gasteiger charge is 2.22. The standard InChI is InChI=1S/C16H29N5O/c1-11-6-8-12(9-7-11)19-15(17-5)18-10-13-20-14(22-21-13)16(2,3)4/h11-12H,6-10H2,1-5H3,(H2,17,18,19). The second-order valence-electron chi connectivity index (χ2n) is 7.29. The van der Waals surface area contributed by atoms with E-state index < -0.39 is 0 Å². The third-order valence-electron chi connectivity index (χ3n) is 4.10. The summed E-state index contributed by atoms with van der Waals surface area (Å²) in [6.07, 6.45) is 4.99. The lowest BCUT2D eigenvalue weighted by Gasteiger charge is -2.28. The fraction of sp³-hybridized carbons (Fsp3) is 0.812. The van der Waals surface area contributed by atoms with Gasteiger partial charge in [-0.3, -0.25) is 4.99 Å². The van der Waals surface area contributed by atoms with E-state index in [0.717, 1.165) is 11.9 Å². The van der Waals surface area contributed by atoms with Gasteiger partial charge in [-0.2, -0.15) is 4.98 Å². The lowest BCUT2D eigenvalue weighted by Crippen LogP contribution is -2.44. The Kier molecular flexibility index (Phi) is 5.42. The molecular formula is C16H29N5O. The molecule has 0 aliphatic heterocycles. The van der Waals surface area contributed by atoms with Crippen LogP contribution in [-0.4, -0.2) is 29.2 Å². The maximum atomic E-state index is 5.30. The monoisotopic (exact) mass is 307 g/mol. The van der Waals surface area contributed by atoms with Crippen LogP contribution in [0.4, 0.5) is 0 Å². The molecule has 0 radical (unpaired) electrons. The zero-order valence-corrected chi connectivity index (χ0v) is 14.4. The van der Waals surface area contributed by atoms with Gasteiger partial charge in [0.2, 0.25) is 5.89 Å². The topological polar surface area (TPSA) is 75.3 Å². The van der Waals surface area contributed by atoms with E-state index >= 15 is 0 Å². The molecule has 0 atom stereocenters. The number of hydrogen-bond donors (Lipinski definition) is 2. The van der Waals surface area contributed by atoms with Crippen LogP contribution in [0.1, 0.15) is 65.1 Å². The van der Waals surface area contributed by atoms with Crippen LogP contribution in [0, 0.1) is 5.92 Å². The summed E-state index contributed by atoms with van der Waals surface area (Å²) in [5.74, 6) is 2.98. The van der Waals surface area contributed by atoms with Gasteiger partial charge in [-0.1, -0.05) is 32.9 Å². The predicted molar refractivity (Wildman–Crippen MR) is 87.8 cm³/mol. The summed E-state index contributed by atoms with van der Waals surface area (Å²) in [7, 11) is 1.79. The van der Waals surface area contributed by atoms with Crippen molar-refractivity contribution in [1.82, 2.24) is 20.8 Å². The van der Waals surface area contributed by atoms with Gasteiger partial charge < -0.3 is 15.2 Å². The molecular weight excluding hydrogens is 278 g/mol. The Labute approximate surface area is 133 Å². The highest BCUT2D eigenvalue weighted by molar-refractivity contribution is 5.79. The van der Waals surface area contributed by atoms with Gasteiger partial charge in [-0.25, -0.2) is 0 Å². The second kappa shape index (κ2) is 7.11. The van der Waals surface area contributed by atoms with E-state index in [9.17, 15) is 0 Å². The van der Waals surface area contributed by atoms with Gasteiger partial charge in [0.15, 0.2) is 11.8 Å². The fourth-order valence-electron chi connectivity index (χ4n) is 2.59. The lowest BCUT2D eigenvalue weighted by atomic mass is 9.87. The molecule has 1 aliphatic rings. The summed E-state index contributed by atoms with van der Waals surface area (Å²) in [5.41, 5.74) is -0.121. The van der Waals surface area contributed by atoms with Crippen molar-refractivity contribution in [1.29, 1.82) is 0 Å². The van der Waals surface area contributed by atoms with Gasteiger partial charge >= 0.3 is 0 Å². The largest absolute Gasteiger partial charge is 0.354 e. The number of hydrogen-bond acceptors (Lipinski definition) is 4. The Morgan fingerprint density at radius 1 is 1.27 bits per heavy atom. The van der Waals surface area contributed by atoms with Gasteiger partial charge in [0.25, 0.3) is 0 Å². The smallest absolute Gasteiger partial charge is 0.232 e. The van der Waals surface area contributed by atoms with Crippen molar-refractivity contribution in [2.24, 2.45) is 10.9 Å². The molecule has 2 N–H and O–H groups in total. The van der Waals surface area contributed by atoms with Gasteiger partial charge in [0.05, 0.1) is 6.54 Å². The van der Waals surface area contributed by atoms with E-state index in [2.05, 4.69) is 53.5 Å². The van der Waals surface area contributed by atoms with Gasteiger partial charge in [0, 0.05) is 18.5 Å². The summed E-state index contributed by atoms with van der Waals surface area (Å²) in [4.78, 5) is 8.70. The fourth-order valence-corrected chi connectivity index (χ4v) is 2.59. The highest BCUT2D eigenvalue weighted by Crippen LogP contribution is 2.23. The molecule has 0 bridgehead atoms. The molecule has 1 aromatic heterocycles. The molecule has 1 saturated carbocycles. The van der Waals surface area contributed by atoms with E-state index in [1.165, 1.54) is 25.7 Å². The van der Waals surface area contributed by atoms with E-state index in [4.69, 9.17) is 4.52 Å². The number of nitrogens with zero attached hydrogens (tertiary/aromatic N) is 3. The van der Waals surface area contributed by atoms with Gasteiger partial charge in [-0.05, 0) is 31.6 Å². The molecule has 124 valence electrons. The lowest BCUT2D eigenvalue weighted by molar-refractivity contribution is 0.318. The van der Waals surface area contributed by atoms with Crippen molar-refractivity contribution in [3.8, 4) is 0 Å². The summed E-state index contributed by atoms with van der Waals surface area (Å²) in [6, 6.07) is 0.512. The maximum Gasteiger partial charge on any atom is 0.232 e. The number of aliphatic imine (C=N–C) groups is 1. The third kappa shape index (κ3) is 4.71. The van der Waals surface area contributed by atoms with Crippen molar-refractivity contribution in [2.75, 3.05) is 7.05 Å². The highest BCUT2D eigenvalue weighted by atomic mass is 16.5. The SMILES string of the molecule is CN=C(NCc1noc(C(C)(C)C)n1)NC1CCC(C)CC1. The Balaban J connectivity index is 1.82. The van der Waals surface area contributed by atoms with Crippen molar-refractivity contribution in [2.45, 2.75) is 71.4 Å². The summed E-state index contributed by atoms with van der Waals surface area (Å²) in [6.45, 7) is 9.02. The van der Waals surface area contributed by atoms with E-state index in [1.807, 2.05) is 0 Å². The molecule has 2 rings (SSSR count). The van der Waals surface area contributed by atoms with Crippen LogP contribution < -0.4 is 10.6 Å². The molecule has 6 nitrogen and oxygen atoms in total. The summed E-state index contributed by atoms with van der Waals surface area (Å²) >= 11 is 0. The summed E-state index contributed by atoms with van der Waals surface area (Å²) in [5, 5.41) is 10.8. The van der Waals surface area contributed by atoms with Crippen LogP contribution in [0.15, 0.2) is 9.52 Å². The molecule has 0 spiro atoms. The minimum absolute atomic E-state index is 0.121.